The van der Waals surface area contributed by atoms with Crippen molar-refractivity contribution in [3.63, 3.8) is 0 Å². The zero-order valence-corrected chi connectivity index (χ0v) is 9.32. The van der Waals surface area contributed by atoms with Crippen LogP contribution in [-0.4, -0.2) is 18.0 Å². The minimum absolute atomic E-state index is 0.103. The molecule has 1 atom stereocenters. The molecule has 3 rings (SSSR count). The predicted octanol–water partition coefficient (Wildman–Crippen LogP) is 2.58. The molecule has 86 valence electrons. The number of Topliss-reactive ketones (excluding diaryl/α,β-unsaturated/α-hetero) is 1. The average Bonchev–Trinajstić information content (AvgIpc) is 2.49. The van der Waals surface area contributed by atoms with Gasteiger partial charge in [-0.3, -0.25) is 9.79 Å². The van der Waals surface area contributed by atoms with Crippen molar-refractivity contribution < 1.29 is 9.18 Å². The summed E-state index contributed by atoms with van der Waals surface area (Å²) in [5.74, 6) is -0.361. The van der Waals surface area contributed by atoms with Crippen molar-refractivity contribution in [3.05, 3.63) is 47.3 Å². The van der Waals surface area contributed by atoms with Gasteiger partial charge in [-0.25, -0.2) is 4.39 Å². The van der Waals surface area contributed by atoms with Gasteiger partial charge in [0.1, 0.15) is 5.82 Å². The van der Waals surface area contributed by atoms with Gasteiger partial charge in [-0.2, -0.15) is 0 Å². The molecule has 1 unspecified atom stereocenters. The fourth-order valence-electron chi connectivity index (χ4n) is 2.48. The first-order valence-electron chi connectivity index (χ1n) is 5.80. The molecule has 2 aliphatic rings. The van der Waals surface area contributed by atoms with E-state index in [1.165, 1.54) is 12.1 Å². The van der Waals surface area contributed by atoms with Crippen molar-refractivity contribution >= 4 is 11.5 Å². The summed E-state index contributed by atoms with van der Waals surface area (Å²) in [5, 5.41) is 0. The third-order valence-corrected chi connectivity index (χ3v) is 3.36. The van der Waals surface area contributed by atoms with Gasteiger partial charge in [-0.1, -0.05) is 18.2 Å². The lowest BCUT2D eigenvalue weighted by molar-refractivity contribution is 0.106. The van der Waals surface area contributed by atoms with Gasteiger partial charge in [-0.15, -0.1) is 0 Å². The number of carbonyl (C=O) groups is 1. The lowest BCUT2D eigenvalue weighted by Gasteiger charge is -2.14. The second-order valence-electron chi connectivity index (χ2n) is 4.43. The quantitative estimate of drug-likeness (QED) is 0.629. The molecule has 17 heavy (non-hydrogen) atoms. The number of carbonyl (C=O) groups excluding carboxylic acids is 1. The van der Waals surface area contributed by atoms with Crippen LogP contribution >= 0.6 is 0 Å². The van der Waals surface area contributed by atoms with Crippen molar-refractivity contribution in [2.75, 3.05) is 6.54 Å². The average molecular weight is 229 g/mol. The van der Waals surface area contributed by atoms with E-state index in [2.05, 4.69) is 4.99 Å². The molecular formula is C14H12FNO. The molecule has 0 fully saturated rings. The molecule has 1 aliphatic heterocycles. The minimum atomic E-state index is -0.359. The van der Waals surface area contributed by atoms with Crippen LogP contribution in [0.2, 0.25) is 0 Å². The number of allylic oxidation sites excluding steroid dienone is 1. The number of benzene rings is 1. The molecule has 0 aromatic heterocycles. The Kier molecular flexibility index (Phi) is 2.39. The maximum atomic E-state index is 13.2. The van der Waals surface area contributed by atoms with E-state index < -0.39 is 0 Å². The van der Waals surface area contributed by atoms with Gasteiger partial charge < -0.3 is 0 Å². The highest BCUT2D eigenvalue weighted by Crippen LogP contribution is 2.26. The smallest absolute Gasteiger partial charge is 0.207 e. The molecular weight excluding hydrogens is 217 g/mol. The largest absolute Gasteiger partial charge is 0.287 e. The van der Waals surface area contributed by atoms with Gasteiger partial charge in [0, 0.05) is 11.5 Å². The Bertz CT molecular complexity index is 545. The van der Waals surface area contributed by atoms with Crippen LogP contribution in [0.25, 0.3) is 0 Å². The maximum Gasteiger partial charge on any atom is 0.207 e. The Labute approximate surface area is 98.9 Å². The van der Waals surface area contributed by atoms with Crippen LogP contribution in [0.5, 0.6) is 0 Å². The first kappa shape index (κ1) is 10.4. The summed E-state index contributed by atoms with van der Waals surface area (Å²) < 4.78 is 13.2. The lowest BCUT2D eigenvalue weighted by atomic mass is 9.94. The summed E-state index contributed by atoms with van der Waals surface area (Å²) in [6, 6.07) is 4.46. The third kappa shape index (κ3) is 1.71. The van der Waals surface area contributed by atoms with Crippen LogP contribution < -0.4 is 0 Å². The molecule has 0 radical (unpaired) electrons. The molecule has 0 amide bonds. The molecule has 1 aromatic carbocycles. The van der Waals surface area contributed by atoms with Crippen LogP contribution in [0.3, 0.4) is 0 Å². The van der Waals surface area contributed by atoms with Gasteiger partial charge in [0.25, 0.3) is 0 Å². The highest BCUT2D eigenvalue weighted by Gasteiger charge is 2.28. The van der Waals surface area contributed by atoms with E-state index in [9.17, 15) is 9.18 Å². The summed E-state index contributed by atoms with van der Waals surface area (Å²) >= 11 is 0. The number of aliphatic imine (C=N–C) groups is 1. The molecule has 0 bridgehead atoms. The molecule has 0 N–H and O–H groups in total. The van der Waals surface area contributed by atoms with E-state index in [0.717, 1.165) is 18.4 Å². The monoisotopic (exact) mass is 229 g/mol. The predicted molar refractivity (Wildman–Crippen MR) is 64.0 cm³/mol. The van der Waals surface area contributed by atoms with E-state index in [0.29, 0.717) is 17.8 Å². The second kappa shape index (κ2) is 3.91. The molecule has 1 heterocycles. The van der Waals surface area contributed by atoms with Crippen molar-refractivity contribution in [1.82, 2.24) is 0 Å². The maximum absolute atomic E-state index is 13.2. The van der Waals surface area contributed by atoms with E-state index in [1.807, 2.05) is 12.2 Å². The SMILES string of the molecule is O=C1C2=NCC=CC2CCc2ccc(F)cc21. The third-order valence-electron chi connectivity index (χ3n) is 3.36. The first-order valence-corrected chi connectivity index (χ1v) is 5.80. The second-order valence-corrected chi connectivity index (χ2v) is 4.43. The Hall–Kier alpha value is -1.77. The number of hydrogen-bond donors (Lipinski definition) is 0. The number of halogens is 1. The van der Waals surface area contributed by atoms with Gasteiger partial charge in [0.05, 0.1) is 12.3 Å². The zero-order chi connectivity index (χ0) is 11.8. The molecule has 0 saturated carbocycles. The number of nitrogens with zero attached hydrogens (tertiary/aromatic N) is 1. The van der Waals surface area contributed by atoms with E-state index in [-0.39, 0.29) is 17.5 Å². The fourth-order valence-corrected chi connectivity index (χ4v) is 2.48. The molecule has 0 spiro atoms. The summed E-state index contributed by atoms with van der Waals surface area (Å²) in [4.78, 5) is 16.6. The summed E-state index contributed by atoms with van der Waals surface area (Å²) in [6.45, 7) is 0.558. The van der Waals surface area contributed by atoms with Crippen LogP contribution in [0.15, 0.2) is 35.3 Å². The Morgan fingerprint density at radius 2 is 2.24 bits per heavy atom. The van der Waals surface area contributed by atoms with E-state index in [4.69, 9.17) is 0 Å². The van der Waals surface area contributed by atoms with Crippen molar-refractivity contribution in [3.8, 4) is 0 Å². The molecule has 3 heteroatoms. The van der Waals surface area contributed by atoms with Crippen LogP contribution in [-0.2, 0) is 6.42 Å². The molecule has 2 nitrogen and oxygen atoms in total. The zero-order valence-electron chi connectivity index (χ0n) is 9.32. The van der Waals surface area contributed by atoms with Crippen LogP contribution in [0.4, 0.5) is 4.39 Å². The van der Waals surface area contributed by atoms with Gasteiger partial charge in [-0.05, 0) is 30.5 Å². The number of dihydropyridines is 1. The van der Waals surface area contributed by atoms with E-state index >= 15 is 0 Å². The number of rotatable bonds is 0. The lowest BCUT2D eigenvalue weighted by Crippen LogP contribution is -2.23. The van der Waals surface area contributed by atoms with Crippen LogP contribution in [0.1, 0.15) is 22.3 Å². The highest BCUT2D eigenvalue weighted by atomic mass is 19.1. The Balaban J connectivity index is 2.11. The number of ketones is 1. The van der Waals surface area contributed by atoms with Gasteiger partial charge in [0.2, 0.25) is 5.78 Å². The fraction of sp³-hybridized carbons (Fsp3) is 0.286. The number of hydrogen-bond acceptors (Lipinski definition) is 2. The number of aryl methyl sites for hydroxylation is 1. The summed E-state index contributed by atoms with van der Waals surface area (Å²) in [6.07, 6.45) is 5.70. The minimum Gasteiger partial charge on any atom is -0.287 e. The van der Waals surface area contributed by atoms with Crippen LogP contribution in [0, 0.1) is 11.7 Å². The molecule has 0 saturated heterocycles. The summed E-state index contributed by atoms with van der Waals surface area (Å²) in [7, 11) is 0. The van der Waals surface area contributed by atoms with Crippen molar-refractivity contribution in [2.24, 2.45) is 10.9 Å². The van der Waals surface area contributed by atoms with Crippen molar-refractivity contribution in [2.45, 2.75) is 12.8 Å². The number of fused-ring (bicyclic) bond motifs is 2. The standard InChI is InChI=1S/C14H12FNO/c15-11-6-5-9-3-4-10-2-1-7-16-13(10)14(17)12(9)8-11/h1-2,5-6,8,10H,3-4,7H2. The van der Waals surface area contributed by atoms with Crippen molar-refractivity contribution in [1.29, 1.82) is 0 Å². The normalized spacial score (nSPS) is 22.5. The highest BCUT2D eigenvalue weighted by molar-refractivity contribution is 6.47. The topological polar surface area (TPSA) is 29.4 Å². The Morgan fingerprint density at radius 1 is 1.35 bits per heavy atom. The summed E-state index contributed by atoms with van der Waals surface area (Å²) in [5.41, 5.74) is 2.01. The first-order chi connectivity index (χ1) is 8.25. The van der Waals surface area contributed by atoms with Gasteiger partial charge in [0.15, 0.2) is 0 Å². The molecule has 1 aliphatic carbocycles. The molecule has 1 aromatic rings. The van der Waals surface area contributed by atoms with E-state index in [1.54, 1.807) is 6.07 Å². The Morgan fingerprint density at radius 3 is 3.12 bits per heavy atom. The van der Waals surface area contributed by atoms with Gasteiger partial charge >= 0.3 is 0 Å².